The Balaban J connectivity index is 1.61. The average Bonchev–Trinajstić information content (AvgIpc) is 3.10. The Morgan fingerprint density at radius 1 is 1.11 bits per heavy atom. The number of carbonyl (C=O) groups is 1. The second-order valence-electron chi connectivity index (χ2n) is 6.48. The first kappa shape index (κ1) is 17.0. The molecule has 3 aromatic rings. The van der Waals surface area contributed by atoms with Crippen LogP contribution >= 0.6 is 0 Å². The van der Waals surface area contributed by atoms with Crippen LogP contribution in [0, 0.1) is 24.0 Å². The fraction of sp³-hybridized carbons (Fsp3) is 0.200. The number of ether oxygens (including phenoxy) is 1. The number of rotatable bonds is 4. The molecule has 0 unspecified atom stereocenters. The molecule has 1 heterocycles. The summed E-state index contributed by atoms with van der Waals surface area (Å²) in [6.45, 7) is 2.95. The highest BCUT2D eigenvalue weighted by molar-refractivity contribution is 5.80. The summed E-state index contributed by atoms with van der Waals surface area (Å²) >= 11 is 0. The van der Waals surface area contributed by atoms with E-state index in [0.717, 1.165) is 22.3 Å². The van der Waals surface area contributed by atoms with Crippen LogP contribution in [0.2, 0.25) is 0 Å². The van der Waals surface area contributed by atoms with Gasteiger partial charge in [-0.1, -0.05) is 48.5 Å². The van der Waals surface area contributed by atoms with Crippen molar-refractivity contribution >= 4 is 11.7 Å². The van der Waals surface area contributed by atoms with Gasteiger partial charge in [0.25, 0.3) is 0 Å². The van der Waals surface area contributed by atoms with E-state index < -0.39 is 17.0 Å². The van der Waals surface area contributed by atoms with Crippen molar-refractivity contribution in [1.82, 2.24) is 9.78 Å². The first-order chi connectivity index (χ1) is 13.0. The molecule has 4 rings (SSSR count). The lowest BCUT2D eigenvalue weighted by atomic mass is 10.1. The Labute approximate surface area is 155 Å². The van der Waals surface area contributed by atoms with Crippen LogP contribution in [0.5, 0.6) is 0 Å². The molecule has 1 aromatic heterocycles. The summed E-state index contributed by atoms with van der Waals surface area (Å²) in [5.74, 6) is -0.494. The third-order valence-electron chi connectivity index (χ3n) is 4.83. The number of hydrogen-bond acceptors (Lipinski definition) is 5. The Hall–Kier alpha value is -3.48. The lowest BCUT2D eigenvalue weighted by Crippen LogP contribution is -2.18. The van der Waals surface area contributed by atoms with E-state index in [1.165, 1.54) is 4.68 Å². The standard InChI is InChI=1S/C20H17N3O4/c1-12-19(23(25)26)13(2)22(21-12)11-18(24)27-20-16-9-5-3-7-14(16)15-8-4-6-10-17(15)20/h3-10,20H,11H2,1-2H3. The number of esters is 1. The van der Waals surface area contributed by atoms with Crippen LogP contribution in [0.15, 0.2) is 48.5 Å². The van der Waals surface area contributed by atoms with Gasteiger partial charge in [0.15, 0.2) is 6.10 Å². The van der Waals surface area contributed by atoms with Crippen LogP contribution in [0.3, 0.4) is 0 Å². The summed E-state index contributed by atoms with van der Waals surface area (Å²) in [5, 5.41) is 15.2. The van der Waals surface area contributed by atoms with Crippen molar-refractivity contribution < 1.29 is 14.5 Å². The van der Waals surface area contributed by atoms with E-state index in [1.807, 2.05) is 48.5 Å². The van der Waals surface area contributed by atoms with Crippen LogP contribution in [0.4, 0.5) is 5.69 Å². The molecule has 0 saturated heterocycles. The van der Waals surface area contributed by atoms with Gasteiger partial charge in [-0.3, -0.25) is 19.6 Å². The molecule has 0 aliphatic heterocycles. The average molecular weight is 363 g/mol. The summed E-state index contributed by atoms with van der Waals surface area (Å²) in [6.07, 6.45) is -0.489. The number of fused-ring (bicyclic) bond motifs is 3. The van der Waals surface area contributed by atoms with Crippen LogP contribution in [0.1, 0.15) is 28.6 Å². The van der Waals surface area contributed by atoms with Gasteiger partial charge in [-0.2, -0.15) is 5.10 Å². The van der Waals surface area contributed by atoms with Gasteiger partial charge in [-0.05, 0) is 25.0 Å². The largest absolute Gasteiger partial charge is 0.451 e. The second kappa shape index (κ2) is 6.35. The van der Waals surface area contributed by atoms with E-state index in [9.17, 15) is 14.9 Å². The van der Waals surface area contributed by atoms with Crippen LogP contribution in [0.25, 0.3) is 11.1 Å². The number of nitrogens with zero attached hydrogens (tertiary/aromatic N) is 3. The molecule has 0 atom stereocenters. The van der Waals surface area contributed by atoms with Gasteiger partial charge in [0.2, 0.25) is 0 Å². The molecule has 0 spiro atoms. The van der Waals surface area contributed by atoms with Crippen molar-refractivity contribution in [2.45, 2.75) is 26.5 Å². The van der Waals surface area contributed by atoms with Crippen LogP contribution in [-0.2, 0) is 16.1 Å². The molecule has 0 bridgehead atoms. The normalized spacial score (nSPS) is 12.5. The molecule has 0 radical (unpaired) electrons. The lowest BCUT2D eigenvalue weighted by Gasteiger charge is -2.15. The molecule has 2 aromatic carbocycles. The summed E-state index contributed by atoms with van der Waals surface area (Å²) < 4.78 is 7.09. The van der Waals surface area contributed by atoms with Gasteiger partial charge in [0.05, 0.1) is 4.92 Å². The lowest BCUT2D eigenvalue weighted by molar-refractivity contribution is -0.386. The van der Waals surface area contributed by atoms with Gasteiger partial charge < -0.3 is 4.74 Å². The monoisotopic (exact) mass is 363 g/mol. The highest BCUT2D eigenvalue weighted by Crippen LogP contribution is 2.45. The van der Waals surface area contributed by atoms with E-state index in [0.29, 0.717) is 5.69 Å². The van der Waals surface area contributed by atoms with Gasteiger partial charge in [0, 0.05) is 11.1 Å². The van der Waals surface area contributed by atoms with Gasteiger partial charge in [-0.25, -0.2) is 0 Å². The van der Waals surface area contributed by atoms with Gasteiger partial charge in [0.1, 0.15) is 17.9 Å². The minimum absolute atomic E-state index is 0.0700. The third kappa shape index (κ3) is 2.77. The molecule has 7 nitrogen and oxygen atoms in total. The number of benzene rings is 2. The first-order valence-corrected chi connectivity index (χ1v) is 8.53. The van der Waals surface area contributed by atoms with E-state index in [2.05, 4.69) is 5.10 Å². The van der Waals surface area contributed by atoms with E-state index in [4.69, 9.17) is 4.74 Å². The molecule has 1 aliphatic rings. The molecule has 0 saturated carbocycles. The Morgan fingerprint density at radius 3 is 2.19 bits per heavy atom. The number of hydrogen-bond donors (Lipinski definition) is 0. The Morgan fingerprint density at radius 2 is 1.67 bits per heavy atom. The molecule has 0 fully saturated rings. The van der Waals surface area contributed by atoms with Crippen molar-refractivity contribution in [1.29, 1.82) is 0 Å². The van der Waals surface area contributed by atoms with Crippen LogP contribution < -0.4 is 0 Å². The third-order valence-corrected chi connectivity index (χ3v) is 4.83. The predicted octanol–water partition coefficient (Wildman–Crippen LogP) is 3.72. The number of carbonyl (C=O) groups excluding carboxylic acids is 1. The molecular weight excluding hydrogens is 346 g/mol. The maximum atomic E-state index is 12.6. The maximum Gasteiger partial charge on any atom is 0.328 e. The minimum atomic E-state index is -0.494. The van der Waals surface area contributed by atoms with Crippen molar-refractivity contribution in [2.24, 2.45) is 0 Å². The second-order valence-corrected chi connectivity index (χ2v) is 6.48. The van der Waals surface area contributed by atoms with E-state index in [1.54, 1.807) is 13.8 Å². The zero-order chi connectivity index (χ0) is 19.1. The molecule has 0 amide bonds. The predicted molar refractivity (Wildman–Crippen MR) is 98.2 cm³/mol. The van der Waals surface area contributed by atoms with Crippen LogP contribution in [-0.4, -0.2) is 20.7 Å². The topological polar surface area (TPSA) is 87.3 Å². The van der Waals surface area contributed by atoms with E-state index in [-0.39, 0.29) is 17.9 Å². The molecule has 136 valence electrons. The maximum absolute atomic E-state index is 12.6. The minimum Gasteiger partial charge on any atom is -0.451 e. The molecular formula is C20H17N3O4. The zero-order valence-corrected chi connectivity index (χ0v) is 14.9. The van der Waals surface area contributed by atoms with Gasteiger partial charge >= 0.3 is 11.7 Å². The fourth-order valence-corrected chi connectivity index (χ4v) is 3.63. The number of nitro groups is 1. The zero-order valence-electron chi connectivity index (χ0n) is 14.9. The summed E-state index contributed by atoms with van der Waals surface area (Å²) in [7, 11) is 0. The Kier molecular flexibility index (Phi) is 3.99. The quantitative estimate of drug-likeness (QED) is 0.400. The molecule has 1 aliphatic carbocycles. The molecule has 7 heteroatoms. The van der Waals surface area contributed by atoms with E-state index >= 15 is 0 Å². The van der Waals surface area contributed by atoms with Crippen molar-refractivity contribution in [3.05, 3.63) is 81.2 Å². The summed E-state index contributed by atoms with van der Waals surface area (Å²) in [4.78, 5) is 23.2. The first-order valence-electron chi connectivity index (χ1n) is 8.53. The highest BCUT2D eigenvalue weighted by Gasteiger charge is 2.31. The summed E-state index contributed by atoms with van der Waals surface area (Å²) in [6, 6.07) is 15.6. The highest BCUT2D eigenvalue weighted by atomic mass is 16.6. The Bertz CT molecular complexity index is 1030. The smallest absolute Gasteiger partial charge is 0.328 e. The SMILES string of the molecule is Cc1nn(CC(=O)OC2c3ccccc3-c3ccccc32)c(C)c1[N+](=O)[O-]. The number of aryl methyl sites for hydroxylation is 1. The fourth-order valence-electron chi connectivity index (χ4n) is 3.63. The van der Waals surface area contributed by atoms with Crippen molar-refractivity contribution in [3.8, 4) is 11.1 Å². The number of aromatic nitrogens is 2. The van der Waals surface area contributed by atoms with Gasteiger partial charge in [-0.15, -0.1) is 0 Å². The summed E-state index contributed by atoms with van der Waals surface area (Å²) in [5.41, 5.74) is 4.51. The molecule has 27 heavy (non-hydrogen) atoms. The van der Waals surface area contributed by atoms with Crippen molar-refractivity contribution in [3.63, 3.8) is 0 Å². The molecule has 0 N–H and O–H groups in total. The van der Waals surface area contributed by atoms with Crippen molar-refractivity contribution in [2.75, 3.05) is 0 Å².